The van der Waals surface area contributed by atoms with Crippen LogP contribution in [0.5, 0.6) is 0 Å². The standard InChI is InChI=1S/C20H32O3/c1-19-9-7-13(21)11-12(19)3-4-14-15-5-6-17(18(22)23)20(15,2)10-8-16(14)19/h12-17,21H,3-11H2,1-2H3,(H,22,23)/t12?,13?,14-,15-,16-,17+,19-,20-/m0/s1. The monoisotopic (exact) mass is 320 g/mol. The van der Waals surface area contributed by atoms with Crippen LogP contribution in [0.15, 0.2) is 0 Å². The summed E-state index contributed by atoms with van der Waals surface area (Å²) in [5.41, 5.74) is 0.426. The molecule has 0 bridgehead atoms. The van der Waals surface area contributed by atoms with Gasteiger partial charge in [-0.3, -0.25) is 4.79 Å². The molecule has 130 valence electrons. The highest BCUT2D eigenvalue weighted by molar-refractivity contribution is 5.71. The van der Waals surface area contributed by atoms with Crippen molar-refractivity contribution in [1.29, 1.82) is 0 Å². The van der Waals surface area contributed by atoms with E-state index in [9.17, 15) is 15.0 Å². The third kappa shape index (κ3) is 2.14. The Kier molecular flexibility index (Phi) is 3.61. The maximum absolute atomic E-state index is 11.7. The molecule has 4 saturated carbocycles. The molecule has 0 aliphatic heterocycles. The summed E-state index contributed by atoms with van der Waals surface area (Å²) in [5.74, 6) is 2.12. The van der Waals surface area contributed by atoms with E-state index in [4.69, 9.17) is 0 Å². The molecule has 4 rings (SSSR count). The van der Waals surface area contributed by atoms with Gasteiger partial charge in [0.2, 0.25) is 0 Å². The summed E-state index contributed by atoms with van der Waals surface area (Å²) in [6.07, 6.45) is 9.90. The molecule has 0 amide bonds. The van der Waals surface area contributed by atoms with E-state index >= 15 is 0 Å². The van der Waals surface area contributed by atoms with Crippen molar-refractivity contribution < 1.29 is 15.0 Å². The first-order valence-corrected chi connectivity index (χ1v) is 9.77. The van der Waals surface area contributed by atoms with Gasteiger partial charge in [-0.25, -0.2) is 0 Å². The molecule has 3 nitrogen and oxygen atoms in total. The third-order valence-electron chi connectivity index (χ3n) is 8.94. The van der Waals surface area contributed by atoms with Crippen LogP contribution in [0.4, 0.5) is 0 Å². The van der Waals surface area contributed by atoms with E-state index in [2.05, 4.69) is 13.8 Å². The minimum Gasteiger partial charge on any atom is -0.481 e. The van der Waals surface area contributed by atoms with Crippen LogP contribution in [0.3, 0.4) is 0 Å². The van der Waals surface area contributed by atoms with Gasteiger partial charge >= 0.3 is 5.97 Å². The molecular formula is C20H32O3. The summed E-state index contributed by atoms with van der Waals surface area (Å²) in [7, 11) is 0. The fourth-order valence-corrected chi connectivity index (χ4v) is 7.64. The first-order valence-electron chi connectivity index (χ1n) is 9.77. The quantitative estimate of drug-likeness (QED) is 0.765. The molecule has 0 spiro atoms. The molecule has 2 N–H and O–H groups in total. The summed E-state index contributed by atoms with van der Waals surface area (Å²) < 4.78 is 0. The van der Waals surface area contributed by atoms with Crippen molar-refractivity contribution in [1.82, 2.24) is 0 Å². The Balaban J connectivity index is 1.61. The van der Waals surface area contributed by atoms with Gasteiger partial charge in [0.15, 0.2) is 0 Å². The van der Waals surface area contributed by atoms with Crippen LogP contribution in [-0.4, -0.2) is 22.3 Å². The summed E-state index contributed by atoms with van der Waals surface area (Å²) >= 11 is 0. The normalized spacial score (nSPS) is 55.6. The largest absolute Gasteiger partial charge is 0.481 e. The zero-order chi connectivity index (χ0) is 16.4. The highest BCUT2D eigenvalue weighted by Gasteiger charge is 2.61. The lowest BCUT2D eigenvalue weighted by molar-refractivity contribution is -0.154. The molecular weight excluding hydrogens is 288 g/mol. The second-order valence-electron chi connectivity index (χ2n) is 9.60. The van der Waals surface area contributed by atoms with E-state index in [0.29, 0.717) is 17.3 Å². The lowest BCUT2D eigenvalue weighted by Gasteiger charge is -2.60. The van der Waals surface area contributed by atoms with Gasteiger partial charge in [-0.2, -0.15) is 0 Å². The van der Waals surface area contributed by atoms with Crippen LogP contribution >= 0.6 is 0 Å². The summed E-state index contributed by atoms with van der Waals surface area (Å²) in [4.78, 5) is 11.7. The second kappa shape index (κ2) is 5.21. The fourth-order valence-electron chi connectivity index (χ4n) is 7.64. The Bertz CT molecular complexity index is 503. The van der Waals surface area contributed by atoms with Crippen LogP contribution in [0.2, 0.25) is 0 Å². The minimum absolute atomic E-state index is 0.0321. The summed E-state index contributed by atoms with van der Waals surface area (Å²) in [5, 5.41) is 19.7. The van der Waals surface area contributed by atoms with Crippen molar-refractivity contribution in [2.75, 3.05) is 0 Å². The summed E-state index contributed by atoms with van der Waals surface area (Å²) in [6, 6.07) is 0. The Morgan fingerprint density at radius 3 is 2.35 bits per heavy atom. The SMILES string of the molecule is C[C@]12CC[C@H]3[C@@H](CCC4CC(O)CC[C@@]43C)[C@@H]1CC[C@@H]2C(=O)O. The van der Waals surface area contributed by atoms with Crippen molar-refractivity contribution in [2.24, 2.45) is 40.4 Å². The topological polar surface area (TPSA) is 57.5 Å². The van der Waals surface area contributed by atoms with Crippen LogP contribution in [-0.2, 0) is 4.79 Å². The number of aliphatic carboxylic acids is 1. The molecule has 4 aliphatic carbocycles. The van der Waals surface area contributed by atoms with E-state index in [1.165, 1.54) is 25.7 Å². The number of carboxylic acids is 1. The number of carbonyl (C=O) groups is 1. The minimum atomic E-state index is -0.561. The molecule has 4 aliphatic rings. The van der Waals surface area contributed by atoms with Gasteiger partial charge in [0.25, 0.3) is 0 Å². The van der Waals surface area contributed by atoms with Crippen molar-refractivity contribution in [3.63, 3.8) is 0 Å². The smallest absolute Gasteiger partial charge is 0.307 e. The van der Waals surface area contributed by atoms with Gasteiger partial charge in [-0.05, 0) is 92.3 Å². The Morgan fingerprint density at radius 1 is 0.913 bits per heavy atom. The molecule has 0 heterocycles. The molecule has 4 fully saturated rings. The van der Waals surface area contributed by atoms with E-state index in [1.54, 1.807) is 0 Å². The zero-order valence-corrected chi connectivity index (χ0v) is 14.6. The van der Waals surface area contributed by atoms with Crippen molar-refractivity contribution in [3.8, 4) is 0 Å². The predicted octanol–water partition coefficient (Wildman–Crippen LogP) is 4.09. The van der Waals surface area contributed by atoms with Crippen molar-refractivity contribution >= 4 is 5.97 Å². The van der Waals surface area contributed by atoms with Crippen molar-refractivity contribution in [3.05, 3.63) is 0 Å². The number of hydrogen-bond acceptors (Lipinski definition) is 2. The highest BCUT2D eigenvalue weighted by atomic mass is 16.4. The van der Waals surface area contributed by atoms with Gasteiger partial charge in [0.05, 0.1) is 12.0 Å². The molecule has 0 aromatic carbocycles. The molecule has 0 aromatic heterocycles. The van der Waals surface area contributed by atoms with E-state index in [0.717, 1.165) is 43.9 Å². The van der Waals surface area contributed by atoms with Gasteiger partial charge in [0, 0.05) is 0 Å². The third-order valence-corrected chi connectivity index (χ3v) is 8.94. The van der Waals surface area contributed by atoms with Crippen LogP contribution in [0.25, 0.3) is 0 Å². The van der Waals surface area contributed by atoms with Crippen LogP contribution in [0, 0.1) is 40.4 Å². The first-order chi connectivity index (χ1) is 10.9. The number of rotatable bonds is 1. The van der Waals surface area contributed by atoms with E-state index < -0.39 is 5.97 Å². The number of aliphatic hydroxyl groups excluding tert-OH is 1. The summed E-state index contributed by atoms with van der Waals surface area (Å²) in [6.45, 7) is 4.77. The molecule has 0 radical (unpaired) electrons. The Hall–Kier alpha value is -0.570. The molecule has 23 heavy (non-hydrogen) atoms. The maximum atomic E-state index is 11.7. The molecule has 0 aromatic rings. The first kappa shape index (κ1) is 15.9. The van der Waals surface area contributed by atoms with E-state index in [-0.39, 0.29) is 17.4 Å². The number of aliphatic hydroxyl groups is 1. The number of hydrogen-bond donors (Lipinski definition) is 2. The van der Waals surface area contributed by atoms with E-state index in [1.807, 2.05) is 0 Å². The van der Waals surface area contributed by atoms with Gasteiger partial charge in [-0.15, -0.1) is 0 Å². The van der Waals surface area contributed by atoms with Crippen LogP contribution < -0.4 is 0 Å². The van der Waals surface area contributed by atoms with Gasteiger partial charge in [-0.1, -0.05) is 13.8 Å². The average Bonchev–Trinajstić information content (AvgIpc) is 2.85. The van der Waals surface area contributed by atoms with Gasteiger partial charge in [0.1, 0.15) is 0 Å². The fraction of sp³-hybridized carbons (Fsp3) is 0.950. The predicted molar refractivity (Wildman–Crippen MR) is 88.9 cm³/mol. The van der Waals surface area contributed by atoms with Crippen molar-refractivity contribution in [2.45, 2.75) is 77.7 Å². The van der Waals surface area contributed by atoms with Gasteiger partial charge < -0.3 is 10.2 Å². The lowest BCUT2D eigenvalue weighted by Crippen LogP contribution is -2.54. The maximum Gasteiger partial charge on any atom is 0.307 e. The Morgan fingerprint density at radius 2 is 1.61 bits per heavy atom. The Labute approximate surface area is 139 Å². The average molecular weight is 320 g/mol. The molecule has 0 saturated heterocycles. The number of fused-ring (bicyclic) bond motifs is 5. The number of carboxylic acid groups (broad SMARTS) is 1. The molecule has 3 heteroatoms. The molecule has 2 unspecified atom stereocenters. The molecule has 8 atom stereocenters. The highest BCUT2D eigenvalue weighted by Crippen LogP contribution is 2.67. The lowest BCUT2D eigenvalue weighted by atomic mass is 9.44. The van der Waals surface area contributed by atoms with Crippen LogP contribution in [0.1, 0.15) is 71.6 Å². The second-order valence-corrected chi connectivity index (χ2v) is 9.60. The zero-order valence-electron chi connectivity index (χ0n) is 14.6.